The van der Waals surface area contributed by atoms with Crippen LogP contribution in [0.3, 0.4) is 0 Å². The lowest BCUT2D eigenvalue weighted by molar-refractivity contribution is 0.0687. The molecule has 8 heteroatoms. The maximum absolute atomic E-state index is 13.6. The minimum atomic E-state index is -0.266. The number of aromatic amines is 1. The third-order valence-corrected chi connectivity index (χ3v) is 6.95. The van der Waals surface area contributed by atoms with Crippen molar-refractivity contribution >= 4 is 40.4 Å². The number of halogens is 1. The maximum Gasteiger partial charge on any atom is 0.275 e. The molecule has 0 bridgehead atoms. The molecule has 6 nitrogen and oxygen atoms in total. The van der Waals surface area contributed by atoms with Crippen LogP contribution in [0, 0.1) is 5.41 Å². The molecular formula is C21H23ClN4O2S. The lowest BCUT2D eigenvalue weighted by atomic mass is 9.93. The summed E-state index contributed by atoms with van der Waals surface area (Å²) in [5, 5.41) is 15.3. The number of hydrogen-bond donors (Lipinski definition) is 2. The van der Waals surface area contributed by atoms with Crippen molar-refractivity contribution in [2.45, 2.75) is 31.8 Å². The Morgan fingerprint density at radius 2 is 1.97 bits per heavy atom. The Bertz CT molecular complexity index is 1080. The van der Waals surface area contributed by atoms with E-state index in [2.05, 4.69) is 27.0 Å². The van der Waals surface area contributed by atoms with Crippen LogP contribution in [0.15, 0.2) is 45.9 Å². The van der Waals surface area contributed by atoms with Crippen LogP contribution in [0.1, 0.15) is 35.3 Å². The minimum Gasteiger partial charge on any atom is -0.329 e. The molecule has 1 aliphatic heterocycles. The van der Waals surface area contributed by atoms with E-state index in [1.54, 1.807) is 29.5 Å². The van der Waals surface area contributed by atoms with E-state index in [-0.39, 0.29) is 35.3 Å². The van der Waals surface area contributed by atoms with Gasteiger partial charge in [-0.25, -0.2) is 5.10 Å². The van der Waals surface area contributed by atoms with E-state index in [1.807, 2.05) is 16.3 Å². The summed E-state index contributed by atoms with van der Waals surface area (Å²) in [6, 6.07) is 9.49. The number of H-pyrrole nitrogens is 1. The first-order valence-electron chi connectivity index (χ1n) is 9.68. The van der Waals surface area contributed by atoms with Gasteiger partial charge in [0.2, 0.25) is 0 Å². The highest BCUT2D eigenvalue weighted by molar-refractivity contribution is 7.07. The number of amides is 1. The normalized spacial score (nSPS) is 19.7. The van der Waals surface area contributed by atoms with Crippen molar-refractivity contribution in [1.82, 2.24) is 20.4 Å². The first-order valence-corrected chi connectivity index (χ1v) is 10.6. The van der Waals surface area contributed by atoms with Crippen molar-refractivity contribution in [3.63, 3.8) is 0 Å². The molecule has 29 heavy (non-hydrogen) atoms. The van der Waals surface area contributed by atoms with Gasteiger partial charge in [0.15, 0.2) is 5.69 Å². The van der Waals surface area contributed by atoms with Gasteiger partial charge in [-0.3, -0.25) is 9.59 Å². The average Bonchev–Trinajstić information content (AvgIpc) is 3.14. The number of rotatable bonds is 4. The van der Waals surface area contributed by atoms with Crippen LogP contribution >= 0.6 is 23.7 Å². The van der Waals surface area contributed by atoms with Crippen molar-refractivity contribution in [3.8, 4) is 0 Å². The van der Waals surface area contributed by atoms with Crippen molar-refractivity contribution in [3.05, 3.63) is 62.7 Å². The van der Waals surface area contributed by atoms with E-state index < -0.39 is 0 Å². The fraction of sp³-hybridized carbons (Fsp3) is 0.381. The topological polar surface area (TPSA) is 78.1 Å². The van der Waals surface area contributed by atoms with Gasteiger partial charge < -0.3 is 10.2 Å². The van der Waals surface area contributed by atoms with Crippen molar-refractivity contribution in [2.75, 3.05) is 13.1 Å². The molecule has 152 valence electrons. The molecule has 1 spiro atoms. The molecule has 1 amide bonds. The van der Waals surface area contributed by atoms with Gasteiger partial charge in [-0.15, -0.1) is 12.4 Å². The summed E-state index contributed by atoms with van der Waals surface area (Å²) in [4.78, 5) is 27.7. The van der Waals surface area contributed by atoms with E-state index in [0.717, 1.165) is 37.9 Å². The van der Waals surface area contributed by atoms with E-state index in [1.165, 1.54) is 0 Å². The molecule has 1 saturated heterocycles. The van der Waals surface area contributed by atoms with Crippen molar-refractivity contribution in [2.24, 2.45) is 5.41 Å². The van der Waals surface area contributed by atoms with Crippen LogP contribution in [-0.2, 0) is 6.54 Å². The van der Waals surface area contributed by atoms with Crippen LogP contribution < -0.4 is 10.9 Å². The SMILES string of the molecule is Cl.O=C(c1n[nH]c(=O)c2ccccc12)N(Cc1ccsc1)C1CC12CCNCC2. The van der Waals surface area contributed by atoms with E-state index in [9.17, 15) is 9.59 Å². The second-order valence-electron chi connectivity index (χ2n) is 7.84. The number of carbonyl (C=O) groups is 1. The lowest BCUT2D eigenvalue weighted by Gasteiger charge is -2.29. The highest BCUT2D eigenvalue weighted by Gasteiger charge is 2.58. The highest BCUT2D eigenvalue weighted by Crippen LogP contribution is 2.56. The Balaban J connectivity index is 0.00000205. The number of hydrogen-bond acceptors (Lipinski definition) is 5. The first-order chi connectivity index (χ1) is 13.7. The molecule has 1 atom stereocenters. The number of aromatic nitrogens is 2. The summed E-state index contributed by atoms with van der Waals surface area (Å²) >= 11 is 1.64. The Morgan fingerprint density at radius 3 is 2.69 bits per heavy atom. The van der Waals surface area contributed by atoms with E-state index >= 15 is 0 Å². The fourth-order valence-corrected chi connectivity index (χ4v) is 5.21. The summed E-state index contributed by atoms with van der Waals surface area (Å²) in [5.41, 5.74) is 1.44. The molecule has 5 rings (SSSR count). The van der Waals surface area contributed by atoms with Crippen LogP contribution in [0.25, 0.3) is 10.8 Å². The molecule has 3 aromatic rings. The summed E-state index contributed by atoms with van der Waals surface area (Å²) < 4.78 is 0. The zero-order valence-electron chi connectivity index (χ0n) is 15.9. The van der Waals surface area contributed by atoms with Crippen LogP contribution in [0.5, 0.6) is 0 Å². The van der Waals surface area contributed by atoms with Crippen molar-refractivity contribution < 1.29 is 4.79 Å². The molecule has 1 unspecified atom stereocenters. The van der Waals surface area contributed by atoms with Gasteiger partial charge in [-0.1, -0.05) is 18.2 Å². The first kappa shape index (κ1) is 20.1. The molecule has 1 saturated carbocycles. The third kappa shape index (κ3) is 3.58. The van der Waals surface area contributed by atoms with E-state index in [4.69, 9.17) is 0 Å². The monoisotopic (exact) mass is 430 g/mol. The predicted molar refractivity (Wildman–Crippen MR) is 117 cm³/mol. The lowest BCUT2D eigenvalue weighted by Crippen LogP contribution is -2.39. The number of nitrogens with zero attached hydrogens (tertiary/aromatic N) is 2. The maximum atomic E-state index is 13.6. The summed E-state index contributed by atoms with van der Waals surface area (Å²) in [7, 11) is 0. The molecule has 0 radical (unpaired) electrons. The van der Waals surface area contributed by atoms with Gasteiger partial charge in [-0.2, -0.15) is 16.4 Å². The van der Waals surface area contributed by atoms with Gasteiger partial charge in [0.25, 0.3) is 11.5 Å². The zero-order valence-corrected chi connectivity index (χ0v) is 17.5. The predicted octanol–water partition coefficient (Wildman–Crippen LogP) is 3.19. The summed E-state index contributed by atoms with van der Waals surface area (Å²) in [6.45, 7) is 2.60. The number of thiophene rings is 1. The number of nitrogens with one attached hydrogen (secondary N) is 2. The summed E-state index contributed by atoms with van der Waals surface area (Å²) in [5.74, 6) is -0.0981. The molecule has 3 heterocycles. The molecule has 1 aromatic carbocycles. The molecular weight excluding hydrogens is 408 g/mol. The van der Waals surface area contributed by atoms with E-state index in [0.29, 0.717) is 23.0 Å². The molecule has 1 aliphatic carbocycles. The largest absolute Gasteiger partial charge is 0.329 e. The van der Waals surface area contributed by atoms with Gasteiger partial charge in [0.05, 0.1) is 5.39 Å². The van der Waals surface area contributed by atoms with Gasteiger partial charge in [-0.05, 0) is 66.2 Å². The Labute approximate surface area is 178 Å². The quantitative estimate of drug-likeness (QED) is 0.666. The highest BCUT2D eigenvalue weighted by atomic mass is 35.5. The standard InChI is InChI=1S/C21H22N4O2S.ClH/c26-19-16-4-2-1-3-15(16)18(23-24-19)20(27)25(12-14-5-10-28-13-14)17-11-21(17)6-8-22-9-7-21;/h1-5,10,13,17,22H,6-9,11-12H2,(H,24,26);1H. The molecule has 2 aliphatic rings. The Morgan fingerprint density at radius 1 is 1.21 bits per heavy atom. The fourth-order valence-electron chi connectivity index (χ4n) is 4.55. The second kappa shape index (κ2) is 7.89. The number of fused-ring (bicyclic) bond motifs is 1. The molecule has 2 N–H and O–H groups in total. The molecule has 2 aromatic heterocycles. The second-order valence-corrected chi connectivity index (χ2v) is 8.62. The number of carbonyl (C=O) groups excluding carboxylic acids is 1. The molecule has 2 fully saturated rings. The smallest absolute Gasteiger partial charge is 0.275 e. The van der Waals surface area contributed by atoms with Crippen molar-refractivity contribution in [1.29, 1.82) is 0 Å². The summed E-state index contributed by atoms with van der Waals surface area (Å²) in [6.07, 6.45) is 3.25. The van der Waals surface area contributed by atoms with Crippen LogP contribution in [0.4, 0.5) is 0 Å². The van der Waals surface area contributed by atoms with Gasteiger partial charge in [0, 0.05) is 18.0 Å². The van der Waals surface area contributed by atoms with Gasteiger partial charge in [0.1, 0.15) is 0 Å². The minimum absolute atomic E-state index is 0. The third-order valence-electron chi connectivity index (χ3n) is 6.21. The number of benzene rings is 1. The van der Waals surface area contributed by atoms with Gasteiger partial charge >= 0.3 is 0 Å². The Hall–Kier alpha value is -2.22. The average molecular weight is 431 g/mol. The zero-order chi connectivity index (χ0) is 19.1. The Kier molecular flexibility index (Phi) is 5.46. The van der Waals surface area contributed by atoms with Crippen LogP contribution in [-0.4, -0.2) is 40.1 Å². The number of piperidine rings is 1. The van der Waals surface area contributed by atoms with Crippen LogP contribution in [0.2, 0.25) is 0 Å².